The minimum atomic E-state index is -0.326. The average molecular weight is 251 g/mol. The molecule has 1 saturated heterocycles. The summed E-state index contributed by atoms with van der Waals surface area (Å²) >= 11 is 0. The first-order valence-electron chi connectivity index (χ1n) is 6.02. The van der Waals surface area contributed by atoms with Gasteiger partial charge in [-0.2, -0.15) is 0 Å². The second-order valence-electron chi connectivity index (χ2n) is 4.76. The van der Waals surface area contributed by atoms with Crippen LogP contribution in [0.4, 0.5) is 15.8 Å². The van der Waals surface area contributed by atoms with Crippen LogP contribution in [0.15, 0.2) is 18.2 Å². The van der Waals surface area contributed by atoms with Crippen LogP contribution >= 0.6 is 0 Å². The third-order valence-electron chi connectivity index (χ3n) is 3.48. The van der Waals surface area contributed by atoms with E-state index in [9.17, 15) is 9.18 Å². The number of nitrogen functional groups attached to an aromatic ring is 1. The number of carbonyl (C=O) groups is 1. The summed E-state index contributed by atoms with van der Waals surface area (Å²) in [7, 11) is 1.80. The molecular formula is C13H18FN3O. The van der Waals surface area contributed by atoms with Gasteiger partial charge in [-0.15, -0.1) is 0 Å². The Morgan fingerprint density at radius 3 is 2.83 bits per heavy atom. The SMILES string of the molecule is CC(=O)N(C)C1CCN(c2cc(N)cc(F)c2)C1. The molecule has 5 heteroatoms. The topological polar surface area (TPSA) is 49.6 Å². The highest BCUT2D eigenvalue weighted by atomic mass is 19.1. The molecular weight excluding hydrogens is 233 g/mol. The van der Waals surface area contributed by atoms with Crippen molar-refractivity contribution in [2.45, 2.75) is 19.4 Å². The van der Waals surface area contributed by atoms with Crippen molar-refractivity contribution in [3.63, 3.8) is 0 Å². The number of likely N-dealkylation sites (N-methyl/N-ethyl adjacent to an activating group) is 1. The first-order chi connectivity index (χ1) is 8.47. The second-order valence-corrected chi connectivity index (χ2v) is 4.76. The van der Waals surface area contributed by atoms with Crippen molar-refractivity contribution in [2.75, 3.05) is 30.8 Å². The normalized spacial score (nSPS) is 19.1. The molecule has 18 heavy (non-hydrogen) atoms. The van der Waals surface area contributed by atoms with Gasteiger partial charge in [-0.1, -0.05) is 0 Å². The van der Waals surface area contributed by atoms with Crippen LogP contribution in [0, 0.1) is 5.82 Å². The predicted molar refractivity (Wildman–Crippen MR) is 69.9 cm³/mol. The molecule has 1 aromatic carbocycles. The van der Waals surface area contributed by atoms with E-state index in [0.717, 1.165) is 25.2 Å². The van der Waals surface area contributed by atoms with Crippen LogP contribution in [-0.2, 0) is 4.79 Å². The van der Waals surface area contributed by atoms with Gasteiger partial charge in [0.05, 0.1) is 6.04 Å². The molecule has 2 rings (SSSR count). The Kier molecular flexibility index (Phi) is 3.41. The lowest BCUT2D eigenvalue weighted by molar-refractivity contribution is -0.129. The smallest absolute Gasteiger partial charge is 0.219 e. The zero-order valence-corrected chi connectivity index (χ0v) is 10.7. The number of hydrogen-bond acceptors (Lipinski definition) is 3. The number of carbonyl (C=O) groups excluding carboxylic acids is 1. The minimum Gasteiger partial charge on any atom is -0.399 e. The molecule has 1 aliphatic heterocycles. The van der Waals surface area contributed by atoms with Gasteiger partial charge in [-0.05, 0) is 24.6 Å². The molecule has 1 aromatic rings. The number of nitrogens with zero attached hydrogens (tertiary/aromatic N) is 2. The van der Waals surface area contributed by atoms with E-state index < -0.39 is 0 Å². The van der Waals surface area contributed by atoms with Crippen LogP contribution < -0.4 is 10.6 Å². The monoisotopic (exact) mass is 251 g/mol. The van der Waals surface area contributed by atoms with Crippen LogP contribution in [0.25, 0.3) is 0 Å². The summed E-state index contributed by atoms with van der Waals surface area (Å²) in [5, 5.41) is 0. The van der Waals surface area contributed by atoms with E-state index in [1.54, 1.807) is 24.9 Å². The van der Waals surface area contributed by atoms with E-state index in [0.29, 0.717) is 5.69 Å². The second kappa shape index (κ2) is 4.84. The molecule has 0 aromatic heterocycles. The van der Waals surface area contributed by atoms with Gasteiger partial charge in [0.2, 0.25) is 5.91 Å². The first-order valence-corrected chi connectivity index (χ1v) is 6.02. The van der Waals surface area contributed by atoms with E-state index >= 15 is 0 Å². The van der Waals surface area contributed by atoms with Crippen molar-refractivity contribution < 1.29 is 9.18 Å². The van der Waals surface area contributed by atoms with Gasteiger partial charge >= 0.3 is 0 Å². The maximum absolute atomic E-state index is 13.3. The van der Waals surface area contributed by atoms with Gasteiger partial charge in [0.15, 0.2) is 0 Å². The first kappa shape index (κ1) is 12.7. The van der Waals surface area contributed by atoms with Crippen LogP contribution in [0.2, 0.25) is 0 Å². The maximum Gasteiger partial charge on any atom is 0.219 e. The quantitative estimate of drug-likeness (QED) is 0.810. The van der Waals surface area contributed by atoms with E-state index in [-0.39, 0.29) is 17.8 Å². The van der Waals surface area contributed by atoms with Crippen molar-refractivity contribution in [1.29, 1.82) is 0 Å². The molecule has 1 atom stereocenters. The Morgan fingerprint density at radius 1 is 1.50 bits per heavy atom. The summed E-state index contributed by atoms with van der Waals surface area (Å²) in [5.41, 5.74) is 6.85. The molecule has 1 amide bonds. The molecule has 98 valence electrons. The Morgan fingerprint density at radius 2 is 2.22 bits per heavy atom. The molecule has 1 fully saturated rings. The number of halogens is 1. The molecule has 0 radical (unpaired) electrons. The molecule has 0 saturated carbocycles. The van der Waals surface area contributed by atoms with Gasteiger partial charge in [-0.25, -0.2) is 4.39 Å². The van der Waals surface area contributed by atoms with Crippen molar-refractivity contribution in [1.82, 2.24) is 4.90 Å². The Labute approximate surface area is 106 Å². The summed E-state index contributed by atoms with van der Waals surface area (Å²) in [4.78, 5) is 15.1. The third kappa shape index (κ3) is 2.55. The molecule has 0 aliphatic carbocycles. The lowest BCUT2D eigenvalue weighted by Gasteiger charge is -2.24. The molecule has 1 heterocycles. The number of hydrogen-bond donors (Lipinski definition) is 1. The molecule has 4 nitrogen and oxygen atoms in total. The highest BCUT2D eigenvalue weighted by Crippen LogP contribution is 2.25. The van der Waals surface area contributed by atoms with Gasteiger partial charge in [0.1, 0.15) is 5.82 Å². The van der Waals surface area contributed by atoms with Gasteiger partial charge in [0.25, 0.3) is 0 Å². The van der Waals surface area contributed by atoms with Crippen molar-refractivity contribution in [3.8, 4) is 0 Å². The fraction of sp³-hybridized carbons (Fsp3) is 0.462. The van der Waals surface area contributed by atoms with Crippen molar-refractivity contribution in [3.05, 3.63) is 24.0 Å². The maximum atomic E-state index is 13.3. The van der Waals surface area contributed by atoms with Gasteiger partial charge < -0.3 is 15.5 Å². The summed E-state index contributed by atoms with van der Waals surface area (Å²) in [6, 6.07) is 4.73. The van der Waals surface area contributed by atoms with Gasteiger partial charge in [-0.3, -0.25) is 4.79 Å². The summed E-state index contributed by atoms with van der Waals surface area (Å²) in [6.45, 7) is 3.09. The molecule has 1 aliphatic rings. The number of rotatable bonds is 2. The van der Waals surface area contributed by atoms with E-state index in [1.165, 1.54) is 12.1 Å². The van der Waals surface area contributed by atoms with E-state index in [1.807, 2.05) is 0 Å². The standard InChI is InChI=1S/C13H18FN3O/c1-9(18)16(2)12-3-4-17(8-12)13-6-10(14)5-11(15)7-13/h5-7,12H,3-4,8,15H2,1-2H3. The zero-order valence-electron chi connectivity index (χ0n) is 10.7. The summed E-state index contributed by atoms with van der Waals surface area (Å²) in [5.74, 6) is -0.269. The molecule has 2 N–H and O–H groups in total. The number of amides is 1. The fourth-order valence-electron chi connectivity index (χ4n) is 2.33. The largest absolute Gasteiger partial charge is 0.399 e. The number of benzene rings is 1. The molecule has 0 spiro atoms. The van der Waals surface area contributed by atoms with Crippen LogP contribution in [0.1, 0.15) is 13.3 Å². The lowest BCUT2D eigenvalue weighted by Crippen LogP contribution is -2.37. The zero-order chi connectivity index (χ0) is 13.3. The predicted octanol–water partition coefficient (Wildman–Crippen LogP) is 1.46. The summed E-state index contributed by atoms with van der Waals surface area (Å²) < 4.78 is 13.3. The van der Waals surface area contributed by atoms with Crippen molar-refractivity contribution >= 4 is 17.3 Å². The highest BCUT2D eigenvalue weighted by molar-refractivity contribution is 5.73. The minimum absolute atomic E-state index is 0.0561. The van der Waals surface area contributed by atoms with E-state index in [2.05, 4.69) is 4.90 Å². The number of nitrogens with two attached hydrogens (primary N) is 1. The highest BCUT2D eigenvalue weighted by Gasteiger charge is 2.27. The average Bonchev–Trinajstić information content (AvgIpc) is 2.75. The van der Waals surface area contributed by atoms with E-state index in [4.69, 9.17) is 5.73 Å². The Bertz CT molecular complexity index is 443. The van der Waals surface area contributed by atoms with Crippen LogP contribution in [0.3, 0.4) is 0 Å². The molecule has 0 bridgehead atoms. The number of anilines is 2. The van der Waals surface area contributed by atoms with Crippen LogP contribution in [0.5, 0.6) is 0 Å². The Balaban J connectivity index is 2.11. The summed E-state index contributed by atoms with van der Waals surface area (Å²) in [6.07, 6.45) is 0.895. The van der Waals surface area contributed by atoms with Crippen molar-refractivity contribution in [2.24, 2.45) is 0 Å². The Hall–Kier alpha value is -1.78. The van der Waals surface area contributed by atoms with Gasteiger partial charge in [0, 0.05) is 38.4 Å². The fourth-order valence-corrected chi connectivity index (χ4v) is 2.33. The third-order valence-corrected chi connectivity index (χ3v) is 3.48. The lowest BCUT2D eigenvalue weighted by atomic mass is 10.2. The molecule has 1 unspecified atom stereocenters. The van der Waals surface area contributed by atoms with Crippen LogP contribution in [-0.4, -0.2) is 37.0 Å².